The maximum Gasteiger partial charge on any atom is 0.407 e. The first kappa shape index (κ1) is 22.8. The van der Waals surface area contributed by atoms with Crippen LogP contribution in [0.15, 0.2) is 24.3 Å². The third kappa shape index (κ3) is 9.83. The molecule has 0 aromatic heterocycles. The molecular weight excluding hydrogens is 370 g/mol. The van der Waals surface area contributed by atoms with Gasteiger partial charge in [0.05, 0.1) is 18.0 Å². The van der Waals surface area contributed by atoms with Crippen molar-refractivity contribution in [2.45, 2.75) is 52.2 Å². The van der Waals surface area contributed by atoms with Crippen molar-refractivity contribution in [3.05, 3.63) is 29.8 Å². The molecule has 0 fully saturated rings. The fraction of sp³-hybridized carbons (Fsp3) is 0.556. The molecule has 27 heavy (non-hydrogen) atoms. The van der Waals surface area contributed by atoms with Gasteiger partial charge in [-0.1, -0.05) is 18.2 Å². The number of nitrogens with one attached hydrogen (secondary N) is 3. The van der Waals surface area contributed by atoms with E-state index in [2.05, 4.69) is 15.4 Å². The first-order valence-corrected chi connectivity index (χ1v) is 10.6. The molecule has 0 aliphatic heterocycles. The zero-order valence-electron chi connectivity index (χ0n) is 16.5. The van der Waals surface area contributed by atoms with Crippen molar-refractivity contribution in [2.24, 2.45) is 0 Å². The summed E-state index contributed by atoms with van der Waals surface area (Å²) in [6, 6.07) is 6.51. The largest absolute Gasteiger partial charge is 0.444 e. The zero-order valence-corrected chi connectivity index (χ0v) is 17.3. The van der Waals surface area contributed by atoms with Crippen LogP contribution >= 0.6 is 0 Å². The maximum absolute atomic E-state index is 12.1. The molecule has 1 aromatic carbocycles. The first-order valence-electron chi connectivity index (χ1n) is 8.70. The van der Waals surface area contributed by atoms with E-state index in [1.54, 1.807) is 52.0 Å². The molecule has 1 atom stereocenters. The summed E-state index contributed by atoms with van der Waals surface area (Å²) in [7, 11) is -3.42. The van der Waals surface area contributed by atoms with E-state index in [0.717, 1.165) is 6.26 Å². The molecule has 0 aliphatic rings. The van der Waals surface area contributed by atoms with E-state index >= 15 is 0 Å². The number of alkyl carbamates (subject to hydrolysis) is 1. The third-order valence-electron chi connectivity index (χ3n) is 3.35. The van der Waals surface area contributed by atoms with E-state index in [1.165, 1.54) is 0 Å². The minimum absolute atomic E-state index is 0.192. The number of para-hydroxylation sites is 1. The predicted molar refractivity (Wildman–Crippen MR) is 105 cm³/mol. The van der Waals surface area contributed by atoms with Gasteiger partial charge in [0.1, 0.15) is 5.60 Å². The topological polar surface area (TPSA) is 114 Å². The van der Waals surface area contributed by atoms with Crippen LogP contribution in [-0.2, 0) is 19.6 Å². The van der Waals surface area contributed by atoms with E-state index in [1.807, 2.05) is 0 Å². The molecular formula is C18H29N3O5S. The fourth-order valence-corrected chi connectivity index (χ4v) is 2.90. The van der Waals surface area contributed by atoms with Gasteiger partial charge in [-0.15, -0.1) is 0 Å². The Morgan fingerprint density at radius 2 is 1.81 bits per heavy atom. The Bertz CT molecular complexity index is 757. The summed E-state index contributed by atoms with van der Waals surface area (Å²) in [5.74, 6) is -0.192. The summed E-state index contributed by atoms with van der Waals surface area (Å²) >= 11 is 0. The molecule has 0 aliphatic carbocycles. The molecule has 0 radical (unpaired) electrons. The molecule has 0 heterocycles. The standard InChI is InChI=1S/C18H29N3O5S/c1-13(14-9-6-7-10-15(14)21-27(5,24)25)20-16(22)11-8-12-19-17(23)26-18(2,3)4/h6-7,9-10,13,21H,8,11-12H2,1-5H3,(H,19,23)(H,20,22). The van der Waals surface area contributed by atoms with Crippen LogP contribution in [0.3, 0.4) is 0 Å². The lowest BCUT2D eigenvalue weighted by Gasteiger charge is -2.20. The van der Waals surface area contributed by atoms with E-state index in [0.29, 0.717) is 24.2 Å². The van der Waals surface area contributed by atoms with Crippen LogP contribution < -0.4 is 15.4 Å². The number of rotatable bonds is 8. The van der Waals surface area contributed by atoms with Gasteiger partial charge in [0.15, 0.2) is 0 Å². The van der Waals surface area contributed by atoms with E-state index in [-0.39, 0.29) is 18.4 Å². The lowest BCUT2D eigenvalue weighted by molar-refractivity contribution is -0.121. The molecule has 2 amide bonds. The van der Waals surface area contributed by atoms with E-state index in [9.17, 15) is 18.0 Å². The SMILES string of the molecule is CC(NC(=O)CCCNC(=O)OC(C)(C)C)c1ccccc1NS(C)(=O)=O. The number of amides is 2. The lowest BCUT2D eigenvalue weighted by Crippen LogP contribution is -2.33. The highest BCUT2D eigenvalue weighted by Crippen LogP contribution is 2.23. The van der Waals surface area contributed by atoms with Crippen molar-refractivity contribution < 1.29 is 22.7 Å². The van der Waals surface area contributed by atoms with Gasteiger partial charge in [-0.25, -0.2) is 13.2 Å². The number of benzene rings is 1. The van der Waals surface area contributed by atoms with E-state index < -0.39 is 21.7 Å². The molecule has 0 spiro atoms. The summed E-state index contributed by atoms with van der Waals surface area (Å²) in [6.45, 7) is 7.43. The summed E-state index contributed by atoms with van der Waals surface area (Å²) in [4.78, 5) is 23.6. The second kappa shape index (κ2) is 9.59. The second-order valence-corrected chi connectivity index (χ2v) is 9.03. The van der Waals surface area contributed by atoms with Gasteiger partial charge < -0.3 is 15.4 Å². The predicted octanol–water partition coefficient (Wildman–Crippen LogP) is 2.54. The summed E-state index contributed by atoms with van der Waals surface area (Å²) in [5, 5.41) is 5.43. The molecule has 0 saturated heterocycles. The van der Waals surface area contributed by atoms with Gasteiger partial charge in [0.25, 0.3) is 0 Å². The molecule has 3 N–H and O–H groups in total. The van der Waals surface area contributed by atoms with Gasteiger partial charge in [-0.05, 0) is 45.7 Å². The number of anilines is 1. The van der Waals surface area contributed by atoms with Crippen molar-refractivity contribution in [3.63, 3.8) is 0 Å². The average Bonchev–Trinajstić information content (AvgIpc) is 2.48. The van der Waals surface area contributed by atoms with Crippen LogP contribution in [0, 0.1) is 0 Å². The summed E-state index contributed by atoms with van der Waals surface area (Å²) in [5.41, 5.74) is 0.534. The van der Waals surface area contributed by atoms with Crippen molar-refractivity contribution >= 4 is 27.7 Å². The minimum Gasteiger partial charge on any atom is -0.444 e. The van der Waals surface area contributed by atoms with Gasteiger partial charge in [0.2, 0.25) is 15.9 Å². The van der Waals surface area contributed by atoms with E-state index in [4.69, 9.17) is 4.74 Å². The maximum atomic E-state index is 12.1. The van der Waals surface area contributed by atoms with Crippen LogP contribution in [0.5, 0.6) is 0 Å². The van der Waals surface area contributed by atoms with Crippen LogP contribution in [0.1, 0.15) is 52.1 Å². The highest BCUT2D eigenvalue weighted by molar-refractivity contribution is 7.92. The highest BCUT2D eigenvalue weighted by atomic mass is 32.2. The molecule has 8 nitrogen and oxygen atoms in total. The Morgan fingerprint density at radius 1 is 1.19 bits per heavy atom. The summed E-state index contributed by atoms with van der Waals surface area (Å²) in [6.07, 6.45) is 1.24. The number of hydrogen-bond acceptors (Lipinski definition) is 5. The van der Waals surface area contributed by atoms with Crippen LogP contribution in [0.2, 0.25) is 0 Å². The van der Waals surface area contributed by atoms with Crippen molar-refractivity contribution in [3.8, 4) is 0 Å². The molecule has 1 rings (SSSR count). The first-order chi connectivity index (χ1) is 12.4. The number of carbonyl (C=O) groups is 2. The van der Waals surface area contributed by atoms with Crippen molar-refractivity contribution in [1.29, 1.82) is 0 Å². The van der Waals surface area contributed by atoms with Gasteiger partial charge >= 0.3 is 6.09 Å². The van der Waals surface area contributed by atoms with Crippen molar-refractivity contribution in [1.82, 2.24) is 10.6 Å². The van der Waals surface area contributed by atoms with Crippen LogP contribution in [-0.4, -0.2) is 38.8 Å². The fourth-order valence-electron chi connectivity index (χ4n) is 2.31. The van der Waals surface area contributed by atoms with Crippen LogP contribution in [0.4, 0.5) is 10.5 Å². The van der Waals surface area contributed by atoms with Crippen molar-refractivity contribution in [2.75, 3.05) is 17.5 Å². The summed E-state index contributed by atoms with van der Waals surface area (Å²) < 4.78 is 30.5. The molecule has 1 unspecified atom stereocenters. The Kier molecular flexibility index (Phi) is 8.08. The Balaban J connectivity index is 2.48. The molecule has 0 saturated carbocycles. The van der Waals surface area contributed by atoms with Crippen LogP contribution in [0.25, 0.3) is 0 Å². The number of carbonyl (C=O) groups excluding carboxylic acids is 2. The third-order valence-corrected chi connectivity index (χ3v) is 3.94. The zero-order chi connectivity index (χ0) is 20.7. The number of ether oxygens (including phenoxy) is 1. The normalized spacial score (nSPS) is 12.8. The average molecular weight is 400 g/mol. The minimum atomic E-state index is -3.42. The quantitative estimate of drug-likeness (QED) is 0.581. The Labute approximate surface area is 161 Å². The molecule has 152 valence electrons. The second-order valence-electron chi connectivity index (χ2n) is 7.28. The van der Waals surface area contributed by atoms with Gasteiger partial charge in [-0.2, -0.15) is 0 Å². The number of sulfonamides is 1. The molecule has 1 aromatic rings. The monoisotopic (exact) mass is 399 g/mol. The number of hydrogen-bond donors (Lipinski definition) is 3. The molecule has 0 bridgehead atoms. The molecule has 9 heteroatoms. The Morgan fingerprint density at radius 3 is 2.41 bits per heavy atom. The van der Waals surface area contributed by atoms with Gasteiger partial charge in [-0.3, -0.25) is 9.52 Å². The smallest absolute Gasteiger partial charge is 0.407 e. The van der Waals surface area contributed by atoms with Gasteiger partial charge in [0, 0.05) is 13.0 Å². The Hall–Kier alpha value is -2.29. The lowest BCUT2D eigenvalue weighted by atomic mass is 10.1. The highest BCUT2D eigenvalue weighted by Gasteiger charge is 2.17.